The van der Waals surface area contributed by atoms with E-state index in [9.17, 15) is 18.0 Å². The number of benzene rings is 1. The van der Waals surface area contributed by atoms with Crippen LogP contribution in [0.25, 0.3) is 0 Å². The molecule has 0 radical (unpaired) electrons. The van der Waals surface area contributed by atoms with Crippen molar-refractivity contribution in [3.63, 3.8) is 0 Å². The summed E-state index contributed by atoms with van der Waals surface area (Å²) in [4.78, 5) is 30.7. The molecule has 1 aliphatic rings. The molecular weight excluding hydrogens is 436 g/mol. The van der Waals surface area contributed by atoms with E-state index in [0.29, 0.717) is 31.1 Å². The summed E-state index contributed by atoms with van der Waals surface area (Å²) in [6.45, 7) is 3.64. The van der Waals surface area contributed by atoms with Crippen molar-refractivity contribution < 1.29 is 22.4 Å². The number of furan rings is 1. The number of hydrogen-bond acceptors (Lipinski definition) is 6. The number of nitrogens with zero attached hydrogens (tertiary/aromatic N) is 2. The van der Waals surface area contributed by atoms with Gasteiger partial charge in [0.25, 0.3) is 11.8 Å². The van der Waals surface area contributed by atoms with Crippen LogP contribution in [-0.4, -0.2) is 56.2 Å². The first-order valence-electron chi connectivity index (χ1n) is 9.85. The van der Waals surface area contributed by atoms with E-state index < -0.39 is 9.84 Å². The summed E-state index contributed by atoms with van der Waals surface area (Å²) in [5.74, 6) is -0.313. The van der Waals surface area contributed by atoms with Gasteiger partial charge in [-0.1, -0.05) is 18.2 Å². The molecule has 4 rings (SSSR count). The maximum atomic E-state index is 12.8. The molecule has 0 spiro atoms. The van der Waals surface area contributed by atoms with Gasteiger partial charge < -0.3 is 14.2 Å². The summed E-state index contributed by atoms with van der Waals surface area (Å²) < 4.78 is 30.6. The van der Waals surface area contributed by atoms with Crippen LogP contribution in [0.1, 0.15) is 30.9 Å². The van der Waals surface area contributed by atoms with E-state index in [-0.39, 0.29) is 34.0 Å². The summed E-state index contributed by atoms with van der Waals surface area (Å²) in [5, 5.41) is 0. The molecule has 0 bridgehead atoms. The SMILES string of the molecule is Cc1ccc(C(=O)N2CCN(C(=O)c3ccc(CS(=O)(=O)c4ccccc4)o3)CC2)s1. The number of carbonyl (C=O) groups excluding carboxylic acids is 2. The third-order valence-corrected chi connectivity index (χ3v) is 7.76. The third-order valence-electron chi connectivity index (χ3n) is 5.11. The molecule has 0 aliphatic carbocycles. The smallest absolute Gasteiger partial charge is 0.289 e. The van der Waals surface area contributed by atoms with E-state index in [1.165, 1.54) is 35.6 Å². The van der Waals surface area contributed by atoms with Gasteiger partial charge in [0, 0.05) is 31.1 Å². The lowest BCUT2D eigenvalue weighted by Gasteiger charge is -2.34. The van der Waals surface area contributed by atoms with Crippen LogP contribution in [0.3, 0.4) is 0 Å². The number of hydrogen-bond donors (Lipinski definition) is 0. The zero-order valence-corrected chi connectivity index (χ0v) is 18.6. The Labute approximate surface area is 184 Å². The highest BCUT2D eigenvalue weighted by Gasteiger charge is 2.28. The van der Waals surface area contributed by atoms with Gasteiger partial charge in [-0.3, -0.25) is 9.59 Å². The fourth-order valence-electron chi connectivity index (χ4n) is 3.44. The molecule has 1 aromatic carbocycles. The third kappa shape index (κ3) is 4.72. The van der Waals surface area contributed by atoms with Gasteiger partial charge in [0.2, 0.25) is 0 Å². The van der Waals surface area contributed by atoms with Crippen molar-refractivity contribution in [3.05, 3.63) is 75.9 Å². The predicted octanol–water partition coefficient (Wildman–Crippen LogP) is 3.22. The van der Waals surface area contributed by atoms with Crippen LogP contribution in [-0.2, 0) is 15.6 Å². The summed E-state index contributed by atoms with van der Waals surface area (Å²) in [6.07, 6.45) is 0. The molecule has 1 aliphatic heterocycles. The number of amides is 2. The second-order valence-electron chi connectivity index (χ2n) is 7.33. The number of piperazine rings is 1. The van der Waals surface area contributed by atoms with Crippen molar-refractivity contribution in [1.82, 2.24) is 9.80 Å². The molecule has 2 aromatic heterocycles. The summed E-state index contributed by atoms with van der Waals surface area (Å²) in [5.41, 5.74) is 0. The highest BCUT2D eigenvalue weighted by molar-refractivity contribution is 7.90. The first-order valence-corrected chi connectivity index (χ1v) is 12.3. The van der Waals surface area contributed by atoms with Gasteiger partial charge in [0.15, 0.2) is 15.6 Å². The lowest BCUT2D eigenvalue weighted by Crippen LogP contribution is -2.50. The molecule has 1 fully saturated rings. The molecule has 7 nitrogen and oxygen atoms in total. The van der Waals surface area contributed by atoms with Crippen molar-refractivity contribution in [3.8, 4) is 0 Å². The Morgan fingerprint density at radius 2 is 1.55 bits per heavy atom. The second-order valence-corrected chi connectivity index (χ2v) is 10.6. The van der Waals surface area contributed by atoms with Gasteiger partial charge in [-0.15, -0.1) is 11.3 Å². The first-order chi connectivity index (χ1) is 14.8. The fourth-order valence-corrected chi connectivity index (χ4v) is 5.55. The zero-order chi connectivity index (χ0) is 22.0. The minimum atomic E-state index is -3.55. The molecule has 0 saturated carbocycles. The molecule has 0 N–H and O–H groups in total. The van der Waals surface area contributed by atoms with Crippen LogP contribution >= 0.6 is 11.3 Å². The molecule has 9 heteroatoms. The number of sulfone groups is 1. The summed E-state index contributed by atoms with van der Waals surface area (Å²) in [7, 11) is -3.55. The largest absolute Gasteiger partial charge is 0.455 e. The molecule has 31 heavy (non-hydrogen) atoms. The van der Waals surface area contributed by atoms with Crippen molar-refractivity contribution in [2.75, 3.05) is 26.2 Å². The Morgan fingerprint density at radius 1 is 0.903 bits per heavy atom. The van der Waals surface area contributed by atoms with Crippen LogP contribution in [0, 0.1) is 6.92 Å². The Bertz CT molecular complexity index is 1190. The fraction of sp³-hybridized carbons (Fsp3) is 0.273. The molecule has 1 saturated heterocycles. The van der Waals surface area contributed by atoms with E-state index in [2.05, 4.69) is 0 Å². The molecule has 0 atom stereocenters. The molecule has 2 amide bonds. The average Bonchev–Trinajstić information content (AvgIpc) is 3.42. The second kappa shape index (κ2) is 8.68. The molecule has 0 unspecified atom stereocenters. The standard InChI is InChI=1S/C22H22N2O5S2/c1-16-7-10-20(30-16)22(26)24-13-11-23(12-14-24)21(25)19-9-8-17(29-19)15-31(27,28)18-5-3-2-4-6-18/h2-10H,11-15H2,1H3. The van der Waals surface area contributed by atoms with Gasteiger partial charge >= 0.3 is 0 Å². The number of thiophene rings is 1. The number of carbonyl (C=O) groups is 2. The van der Waals surface area contributed by atoms with Crippen LogP contribution in [0.15, 0.2) is 63.9 Å². The van der Waals surface area contributed by atoms with Gasteiger partial charge in [0.05, 0.1) is 9.77 Å². The average molecular weight is 459 g/mol. The molecule has 162 valence electrons. The quantitative estimate of drug-likeness (QED) is 0.586. The number of aryl methyl sites for hydroxylation is 1. The van der Waals surface area contributed by atoms with E-state index in [0.717, 1.165) is 4.88 Å². The number of rotatable bonds is 5. The van der Waals surface area contributed by atoms with Crippen molar-refractivity contribution in [2.24, 2.45) is 0 Å². The maximum Gasteiger partial charge on any atom is 0.289 e. The van der Waals surface area contributed by atoms with Crippen molar-refractivity contribution in [1.29, 1.82) is 0 Å². The monoisotopic (exact) mass is 458 g/mol. The Hall–Kier alpha value is -2.91. The highest BCUT2D eigenvalue weighted by atomic mass is 32.2. The van der Waals surface area contributed by atoms with Gasteiger partial charge in [-0.05, 0) is 43.3 Å². The summed E-state index contributed by atoms with van der Waals surface area (Å²) >= 11 is 1.46. The Morgan fingerprint density at radius 3 is 2.16 bits per heavy atom. The lowest BCUT2D eigenvalue weighted by atomic mass is 10.2. The minimum absolute atomic E-state index is 0.0170. The Kier molecular flexibility index (Phi) is 5.97. The van der Waals surface area contributed by atoms with Gasteiger partial charge in [0.1, 0.15) is 11.5 Å². The van der Waals surface area contributed by atoms with Crippen molar-refractivity contribution in [2.45, 2.75) is 17.6 Å². The zero-order valence-electron chi connectivity index (χ0n) is 17.0. The predicted molar refractivity (Wildman–Crippen MR) is 117 cm³/mol. The molecule has 3 aromatic rings. The van der Waals surface area contributed by atoms with Crippen LogP contribution < -0.4 is 0 Å². The van der Waals surface area contributed by atoms with E-state index in [1.807, 2.05) is 19.1 Å². The van der Waals surface area contributed by atoms with Crippen LogP contribution in [0.2, 0.25) is 0 Å². The van der Waals surface area contributed by atoms with Gasteiger partial charge in [-0.2, -0.15) is 0 Å². The Balaban J connectivity index is 1.37. The summed E-state index contributed by atoms with van der Waals surface area (Å²) in [6, 6.07) is 14.9. The van der Waals surface area contributed by atoms with Crippen molar-refractivity contribution >= 4 is 33.0 Å². The molecular formula is C22H22N2O5S2. The van der Waals surface area contributed by atoms with Crippen LogP contribution in [0.4, 0.5) is 0 Å². The van der Waals surface area contributed by atoms with Gasteiger partial charge in [-0.25, -0.2) is 8.42 Å². The normalized spacial score (nSPS) is 14.6. The topological polar surface area (TPSA) is 87.9 Å². The minimum Gasteiger partial charge on any atom is -0.455 e. The first kappa shape index (κ1) is 21.3. The molecule has 3 heterocycles. The van der Waals surface area contributed by atoms with E-state index in [4.69, 9.17) is 4.42 Å². The maximum absolute atomic E-state index is 12.8. The highest BCUT2D eigenvalue weighted by Crippen LogP contribution is 2.21. The van der Waals surface area contributed by atoms with E-state index >= 15 is 0 Å². The van der Waals surface area contributed by atoms with Crippen LogP contribution in [0.5, 0.6) is 0 Å². The van der Waals surface area contributed by atoms with E-state index in [1.54, 1.807) is 28.0 Å². The lowest BCUT2D eigenvalue weighted by molar-refractivity contribution is 0.0520.